The van der Waals surface area contributed by atoms with Gasteiger partial charge in [-0.15, -0.1) is 6.58 Å². The third kappa shape index (κ3) is 4.30. The van der Waals surface area contributed by atoms with Gasteiger partial charge in [-0.1, -0.05) is 19.9 Å². The lowest BCUT2D eigenvalue weighted by Crippen LogP contribution is -2.23. The maximum Gasteiger partial charge on any atom is 0.0522 e. The molecule has 3 nitrogen and oxygen atoms in total. The summed E-state index contributed by atoms with van der Waals surface area (Å²) in [6.07, 6.45) is 5.98. The van der Waals surface area contributed by atoms with Crippen LogP contribution in [0.15, 0.2) is 24.9 Å². The fourth-order valence-electron chi connectivity index (χ4n) is 1.41. The van der Waals surface area contributed by atoms with Crippen LogP contribution in [0.1, 0.15) is 32.4 Å². The van der Waals surface area contributed by atoms with E-state index in [-0.39, 0.29) is 0 Å². The smallest absolute Gasteiger partial charge is 0.0522 e. The van der Waals surface area contributed by atoms with Gasteiger partial charge in [0.1, 0.15) is 0 Å². The quantitative estimate of drug-likeness (QED) is 0.549. The van der Waals surface area contributed by atoms with E-state index in [1.807, 2.05) is 12.3 Å². The summed E-state index contributed by atoms with van der Waals surface area (Å²) in [5, 5.41) is 7.71. The van der Waals surface area contributed by atoms with Crippen molar-refractivity contribution in [2.45, 2.75) is 45.8 Å². The van der Waals surface area contributed by atoms with Gasteiger partial charge in [-0.05, 0) is 18.9 Å². The van der Waals surface area contributed by atoms with Crippen LogP contribution in [-0.4, -0.2) is 15.8 Å². The van der Waals surface area contributed by atoms with Crippen LogP contribution >= 0.6 is 0 Å². The van der Waals surface area contributed by atoms with E-state index in [1.165, 1.54) is 5.69 Å². The Labute approximate surface area is 92.2 Å². The molecule has 0 aliphatic carbocycles. The molecule has 1 rings (SSSR count). The summed E-state index contributed by atoms with van der Waals surface area (Å²) in [6.45, 7) is 9.90. The highest BCUT2D eigenvalue weighted by Gasteiger charge is 2.02. The molecule has 0 aromatic carbocycles. The third-order valence-electron chi connectivity index (χ3n) is 2.27. The molecular weight excluding hydrogens is 186 g/mol. The lowest BCUT2D eigenvalue weighted by Gasteiger charge is -2.10. The van der Waals surface area contributed by atoms with E-state index in [9.17, 15) is 0 Å². The molecule has 0 atom stereocenters. The minimum absolute atomic E-state index is 0.515. The second-order valence-electron chi connectivity index (χ2n) is 4.01. The van der Waals surface area contributed by atoms with E-state index in [2.05, 4.69) is 41.6 Å². The molecular formula is C12H21N3. The van der Waals surface area contributed by atoms with Crippen molar-refractivity contribution in [1.29, 1.82) is 0 Å². The van der Waals surface area contributed by atoms with Crippen molar-refractivity contribution in [3.05, 3.63) is 30.6 Å². The van der Waals surface area contributed by atoms with Gasteiger partial charge in [0.25, 0.3) is 0 Å². The summed E-state index contributed by atoms with van der Waals surface area (Å²) >= 11 is 0. The monoisotopic (exact) mass is 207 g/mol. The lowest BCUT2D eigenvalue weighted by atomic mass is 10.3. The second-order valence-corrected chi connectivity index (χ2v) is 4.01. The summed E-state index contributed by atoms with van der Waals surface area (Å²) in [6, 6.07) is 2.59. The predicted molar refractivity (Wildman–Crippen MR) is 63.6 cm³/mol. The van der Waals surface area contributed by atoms with E-state index >= 15 is 0 Å². The highest BCUT2D eigenvalue weighted by Crippen LogP contribution is 2.02. The topological polar surface area (TPSA) is 29.9 Å². The summed E-state index contributed by atoms with van der Waals surface area (Å²) in [5.74, 6) is 0. The molecule has 84 valence electrons. The molecule has 0 spiro atoms. The predicted octanol–water partition coefficient (Wildman–Crippen LogP) is 2.35. The van der Waals surface area contributed by atoms with Gasteiger partial charge in [0.05, 0.1) is 5.69 Å². The number of aryl methyl sites for hydroxylation is 1. The average molecular weight is 207 g/mol. The van der Waals surface area contributed by atoms with Crippen LogP contribution in [0.2, 0.25) is 0 Å². The van der Waals surface area contributed by atoms with Gasteiger partial charge >= 0.3 is 0 Å². The molecule has 15 heavy (non-hydrogen) atoms. The van der Waals surface area contributed by atoms with Crippen molar-refractivity contribution in [1.82, 2.24) is 15.1 Å². The van der Waals surface area contributed by atoms with E-state index in [0.29, 0.717) is 6.04 Å². The van der Waals surface area contributed by atoms with Gasteiger partial charge in [0.2, 0.25) is 0 Å². The van der Waals surface area contributed by atoms with Gasteiger partial charge in [-0.3, -0.25) is 4.68 Å². The highest BCUT2D eigenvalue weighted by atomic mass is 15.3. The highest BCUT2D eigenvalue weighted by molar-refractivity contribution is 5.00. The Balaban J connectivity index is 2.42. The first-order valence-electron chi connectivity index (χ1n) is 5.59. The second kappa shape index (κ2) is 6.40. The van der Waals surface area contributed by atoms with E-state index < -0.39 is 0 Å². The number of unbranched alkanes of at least 4 members (excludes halogenated alkanes) is 1. The van der Waals surface area contributed by atoms with Gasteiger partial charge < -0.3 is 5.32 Å². The fraction of sp³-hybridized carbons (Fsp3) is 0.583. The molecule has 0 saturated heterocycles. The van der Waals surface area contributed by atoms with Crippen molar-refractivity contribution >= 4 is 0 Å². The Morgan fingerprint density at radius 2 is 2.40 bits per heavy atom. The van der Waals surface area contributed by atoms with E-state index in [1.54, 1.807) is 0 Å². The number of hydrogen-bond donors (Lipinski definition) is 1. The van der Waals surface area contributed by atoms with Crippen LogP contribution in [0.25, 0.3) is 0 Å². The Morgan fingerprint density at radius 3 is 3.07 bits per heavy atom. The van der Waals surface area contributed by atoms with Gasteiger partial charge in [0, 0.05) is 25.3 Å². The molecule has 0 fully saturated rings. The van der Waals surface area contributed by atoms with Crippen molar-refractivity contribution in [3.63, 3.8) is 0 Å². The van der Waals surface area contributed by atoms with Crippen LogP contribution < -0.4 is 5.32 Å². The molecule has 0 saturated carbocycles. The zero-order valence-corrected chi connectivity index (χ0v) is 9.74. The molecule has 1 heterocycles. The Hall–Kier alpha value is -1.09. The van der Waals surface area contributed by atoms with Gasteiger partial charge in [-0.2, -0.15) is 5.10 Å². The number of allylic oxidation sites excluding steroid dienone is 1. The first-order valence-corrected chi connectivity index (χ1v) is 5.59. The minimum Gasteiger partial charge on any atom is -0.309 e. The molecule has 0 aliphatic rings. The average Bonchev–Trinajstić information content (AvgIpc) is 2.63. The normalized spacial score (nSPS) is 10.9. The standard InChI is InChI=1S/C12H21N3/c1-4-5-6-9-15-12(7-8-14-15)10-13-11(2)3/h4,7-8,11,13H,1,5-6,9-10H2,2-3H3. The maximum absolute atomic E-state index is 4.31. The molecule has 0 unspecified atom stereocenters. The Kier molecular flexibility index (Phi) is 5.12. The molecule has 1 N–H and O–H groups in total. The van der Waals surface area contributed by atoms with Crippen LogP contribution in [0.5, 0.6) is 0 Å². The maximum atomic E-state index is 4.31. The van der Waals surface area contributed by atoms with Crippen molar-refractivity contribution in [2.75, 3.05) is 0 Å². The van der Waals surface area contributed by atoms with Gasteiger partial charge in [0.15, 0.2) is 0 Å². The van der Waals surface area contributed by atoms with E-state index in [4.69, 9.17) is 0 Å². The molecule has 3 heteroatoms. The molecule has 1 aromatic rings. The number of aromatic nitrogens is 2. The largest absolute Gasteiger partial charge is 0.309 e. The van der Waals surface area contributed by atoms with Crippen LogP contribution in [0.3, 0.4) is 0 Å². The van der Waals surface area contributed by atoms with Crippen LogP contribution in [-0.2, 0) is 13.1 Å². The summed E-state index contributed by atoms with van der Waals surface area (Å²) in [7, 11) is 0. The molecule has 0 amide bonds. The summed E-state index contributed by atoms with van der Waals surface area (Å²) < 4.78 is 2.07. The molecule has 0 bridgehead atoms. The van der Waals surface area contributed by atoms with Gasteiger partial charge in [-0.25, -0.2) is 0 Å². The fourth-order valence-corrected chi connectivity index (χ4v) is 1.41. The lowest BCUT2D eigenvalue weighted by molar-refractivity contribution is 0.516. The van der Waals surface area contributed by atoms with Crippen molar-refractivity contribution in [2.24, 2.45) is 0 Å². The van der Waals surface area contributed by atoms with E-state index in [0.717, 1.165) is 25.9 Å². The number of hydrogen-bond acceptors (Lipinski definition) is 2. The van der Waals surface area contributed by atoms with Crippen LogP contribution in [0, 0.1) is 0 Å². The zero-order chi connectivity index (χ0) is 11.1. The minimum atomic E-state index is 0.515. The third-order valence-corrected chi connectivity index (χ3v) is 2.27. The first-order chi connectivity index (χ1) is 7.24. The number of rotatable bonds is 7. The Morgan fingerprint density at radius 1 is 1.60 bits per heavy atom. The SMILES string of the molecule is C=CCCCn1nccc1CNC(C)C. The molecule has 0 aliphatic heterocycles. The molecule has 0 radical (unpaired) electrons. The first kappa shape index (κ1) is 12.0. The zero-order valence-electron chi connectivity index (χ0n) is 9.74. The number of nitrogens with one attached hydrogen (secondary N) is 1. The summed E-state index contributed by atoms with van der Waals surface area (Å²) in [5.41, 5.74) is 1.26. The Bertz CT molecular complexity index is 289. The number of nitrogens with zero attached hydrogens (tertiary/aromatic N) is 2. The molecule has 1 aromatic heterocycles. The summed E-state index contributed by atoms with van der Waals surface area (Å²) in [4.78, 5) is 0. The van der Waals surface area contributed by atoms with Crippen LogP contribution in [0.4, 0.5) is 0 Å². The van der Waals surface area contributed by atoms with Crippen molar-refractivity contribution < 1.29 is 0 Å². The van der Waals surface area contributed by atoms with Crippen molar-refractivity contribution in [3.8, 4) is 0 Å².